The molecule has 5 rings (SSSR count). The van der Waals surface area contributed by atoms with Gasteiger partial charge in [-0.25, -0.2) is 0 Å². The molecule has 0 radical (unpaired) electrons. The molecule has 0 unspecified atom stereocenters. The van der Waals surface area contributed by atoms with Crippen LogP contribution < -0.4 is 9.80 Å². The Bertz CT molecular complexity index is 1040. The molecule has 32 heavy (non-hydrogen) atoms. The number of quaternary nitrogens is 1. The zero-order chi connectivity index (χ0) is 21.9. The minimum absolute atomic E-state index is 0.158. The van der Waals surface area contributed by atoms with Crippen LogP contribution in [0.2, 0.25) is 0 Å². The summed E-state index contributed by atoms with van der Waals surface area (Å²) in [6, 6.07) is 26.5. The fourth-order valence-electron chi connectivity index (χ4n) is 5.02. The number of rotatable bonds is 6. The molecule has 1 aliphatic carbocycles. The molecule has 0 atom stereocenters. The van der Waals surface area contributed by atoms with Crippen molar-refractivity contribution >= 4 is 11.9 Å². The second-order valence-corrected chi connectivity index (χ2v) is 8.70. The van der Waals surface area contributed by atoms with Gasteiger partial charge in [0.25, 0.3) is 0 Å². The van der Waals surface area contributed by atoms with Crippen LogP contribution in [0, 0.1) is 0 Å². The zero-order valence-corrected chi connectivity index (χ0v) is 18.6. The summed E-state index contributed by atoms with van der Waals surface area (Å²) >= 11 is 0. The van der Waals surface area contributed by atoms with Crippen LogP contribution in [0.25, 0.3) is 11.1 Å². The number of hydrogen-bond acceptors (Lipinski definition) is 4. The number of hydrazone groups is 1. The van der Waals surface area contributed by atoms with E-state index >= 15 is 0 Å². The number of anilines is 1. The Kier molecular flexibility index (Phi) is 5.93. The average molecular weight is 428 g/mol. The van der Waals surface area contributed by atoms with E-state index in [0.717, 1.165) is 37.4 Å². The summed E-state index contributed by atoms with van der Waals surface area (Å²) in [5.41, 5.74) is 7.92. The van der Waals surface area contributed by atoms with Crippen molar-refractivity contribution in [3.8, 4) is 11.1 Å². The number of benzene rings is 3. The van der Waals surface area contributed by atoms with Crippen molar-refractivity contribution in [2.24, 2.45) is 5.10 Å². The fraction of sp³-hybridized carbons (Fsp3) is 0.296. The largest absolute Gasteiger partial charge is 0.395 e. The van der Waals surface area contributed by atoms with Gasteiger partial charge in [0.15, 0.2) is 0 Å². The van der Waals surface area contributed by atoms with Gasteiger partial charge < -0.3 is 14.9 Å². The lowest BCUT2D eigenvalue weighted by atomic mass is 10.0. The van der Waals surface area contributed by atoms with Gasteiger partial charge in [-0.2, -0.15) is 5.10 Å². The van der Waals surface area contributed by atoms with E-state index in [1.807, 2.05) is 18.2 Å². The molecule has 0 spiro atoms. The predicted molar refractivity (Wildman–Crippen MR) is 130 cm³/mol. The first-order valence-electron chi connectivity index (χ1n) is 11.5. The molecule has 164 valence electrons. The summed E-state index contributed by atoms with van der Waals surface area (Å²) in [7, 11) is 1.99. The van der Waals surface area contributed by atoms with Crippen LogP contribution in [-0.2, 0) is 0 Å². The SMILES string of the molecule is CN(CCO)c1ccc(/C=N\N2CC[NH+](C3c4ccccc4-c4ccccc43)CC2)cc1. The van der Waals surface area contributed by atoms with Crippen LogP contribution >= 0.6 is 0 Å². The lowest BCUT2D eigenvalue weighted by Gasteiger charge is -2.34. The molecule has 0 amide bonds. The fourth-order valence-corrected chi connectivity index (χ4v) is 5.02. The molecule has 0 aromatic heterocycles. The second kappa shape index (κ2) is 9.15. The molecule has 5 nitrogen and oxygen atoms in total. The minimum Gasteiger partial charge on any atom is -0.395 e. The zero-order valence-electron chi connectivity index (χ0n) is 18.6. The van der Waals surface area contributed by atoms with Crippen LogP contribution in [0.3, 0.4) is 0 Å². The summed E-state index contributed by atoms with van der Waals surface area (Å²) in [5.74, 6) is 0. The maximum absolute atomic E-state index is 9.10. The van der Waals surface area contributed by atoms with E-state index in [-0.39, 0.29) is 6.61 Å². The van der Waals surface area contributed by atoms with Gasteiger partial charge in [-0.3, -0.25) is 5.01 Å². The van der Waals surface area contributed by atoms with Gasteiger partial charge in [0.05, 0.1) is 39.0 Å². The molecule has 3 aromatic carbocycles. The summed E-state index contributed by atoms with van der Waals surface area (Å²) in [5, 5.41) is 16.0. The molecule has 0 bridgehead atoms. The van der Waals surface area contributed by atoms with Gasteiger partial charge in [-0.1, -0.05) is 60.7 Å². The van der Waals surface area contributed by atoms with Crippen LogP contribution in [0.1, 0.15) is 22.7 Å². The number of nitrogens with zero attached hydrogens (tertiary/aromatic N) is 3. The highest BCUT2D eigenvalue weighted by atomic mass is 16.3. The van der Waals surface area contributed by atoms with Crippen molar-refractivity contribution in [3.05, 3.63) is 89.5 Å². The van der Waals surface area contributed by atoms with E-state index in [1.54, 1.807) is 4.90 Å². The monoisotopic (exact) mass is 427 g/mol. The Labute approximate surface area is 190 Å². The van der Waals surface area contributed by atoms with E-state index < -0.39 is 0 Å². The lowest BCUT2D eigenvalue weighted by molar-refractivity contribution is -0.929. The van der Waals surface area contributed by atoms with Crippen molar-refractivity contribution in [1.82, 2.24) is 5.01 Å². The third-order valence-corrected chi connectivity index (χ3v) is 6.76. The number of fused-ring (bicyclic) bond motifs is 3. The molecule has 3 aromatic rings. The number of aliphatic hydroxyl groups excluding tert-OH is 1. The van der Waals surface area contributed by atoms with Gasteiger partial charge in [0, 0.05) is 30.4 Å². The van der Waals surface area contributed by atoms with E-state index in [1.165, 1.54) is 22.3 Å². The standard InChI is InChI=1S/C27H30N4O/c1-29(18-19-32)22-12-10-21(11-13-22)20-28-31-16-14-30(15-17-31)27-25-8-4-2-6-23(25)24-7-3-5-9-26(24)27/h2-13,20,27,32H,14-19H2,1H3/p+1/b28-20-. The number of nitrogens with one attached hydrogen (secondary N) is 1. The van der Waals surface area contributed by atoms with E-state index in [4.69, 9.17) is 10.2 Å². The summed E-state index contributed by atoms with van der Waals surface area (Å²) in [6.45, 7) is 4.88. The Hall–Kier alpha value is -3.15. The van der Waals surface area contributed by atoms with E-state index in [2.05, 4.69) is 77.8 Å². The van der Waals surface area contributed by atoms with Crippen LogP contribution in [-0.4, -0.2) is 62.7 Å². The topological polar surface area (TPSA) is 43.5 Å². The Balaban J connectivity index is 1.23. The highest BCUT2D eigenvalue weighted by Crippen LogP contribution is 2.41. The molecular formula is C27H31N4O+. The van der Waals surface area contributed by atoms with Crippen molar-refractivity contribution in [2.45, 2.75) is 6.04 Å². The normalized spacial score (nSPS) is 16.4. The second-order valence-electron chi connectivity index (χ2n) is 8.70. The minimum atomic E-state index is 0.158. The molecule has 1 saturated heterocycles. The Morgan fingerprint density at radius 2 is 1.53 bits per heavy atom. The van der Waals surface area contributed by atoms with Crippen LogP contribution in [0.5, 0.6) is 0 Å². The molecular weight excluding hydrogens is 396 g/mol. The van der Waals surface area contributed by atoms with Crippen molar-refractivity contribution in [3.63, 3.8) is 0 Å². The maximum atomic E-state index is 9.10. The highest BCUT2D eigenvalue weighted by molar-refractivity contribution is 5.80. The predicted octanol–water partition coefficient (Wildman–Crippen LogP) is 2.42. The van der Waals surface area contributed by atoms with Gasteiger partial charge in [0.2, 0.25) is 0 Å². The molecule has 2 N–H and O–H groups in total. The Morgan fingerprint density at radius 3 is 2.12 bits per heavy atom. The molecule has 5 heteroatoms. The van der Waals surface area contributed by atoms with Gasteiger partial charge >= 0.3 is 0 Å². The van der Waals surface area contributed by atoms with Gasteiger partial charge in [-0.05, 0) is 28.8 Å². The number of likely N-dealkylation sites (N-methyl/N-ethyl adjacent to an activating group) is 1. The third-order valence-electron chi connectivity index (χ3n) is 6.76. The molecule has 1 fully saturated rings. The van der Waals surface area contributed by atoms with E-state index in [0.29, 0.717) is 12.6 Å². The van der Waals surface area contributed by atoms with Crippen molar-refractivity contribution in [2.75, 3.05) is 51.3 Å². The lowest BCUT2D eigenvalue weighted by Crippen LogP contribution is -3.14. The van der Waals surface area contributed by atoms with Crippen molar-refractivity contribution < 1.29 is 10.0 Å². The Morgan fingerprint density at radius 1 is 0.938 bits per heavy atom. The summed E-state index contributed by atoms with van der Waals surface area (Å²) in [6.07, 6.45) is 1.96. The van der Waals surface area contributed by atoms with Crippen molar-refractivity contribution in [1.29, 1.82) is 0 Å². The first-order chi connectivity index (χ1) is 15.7. The van der Waals surface area contributed by atoms with Crippen LogP contribution in [0.4, 0.5) is 5.69 Å². The summed E-state index contributed by atoms with van der Waals surface area (Å²) in [4.78, 5) is 3.67. The molecule has 1 heterocycles. The maximum Gasteiger partial charge on any atom is 0.140 e. The molecule has 1 aliphatic heterocycles. The first-order valence-corrected chi connectivity index (χ1v) is 11.5. The van der Waals surface area contributed by atoms with Gasteiger partial charge in [-0.15, -0.1) is 0 Å². The number of hydrogen-bond donors (Lipinski definition) is 2. The first kappa shape index (κ1) is 20.7. The average Bonchev–Trinajstić information content (AvgIpc) is 3.18. The smallest absolute Gasteiger partial charge is 0.140 e. The molecule has 0 saturated carbocycles. The van der Waals surface area contributed by atoms with Crippen LogP contribution in [0.15, 0.2) is 77.9 Å². The number of piperazine rings is 1. The number of aliphatic hydroxyl groups is 1. The van der Waals surface area contributed by atoms with Gasteiger partial charge in [0.1, 0.15) is 6.04 Å². The quantitative estimate of drug-likeness (QED) is 0.594. The highest BCUT2D eigenvalue weighted by Gasteiger charge is 2.37. The molecule has 2 aliphatic rings. The summed E-state index contributed by atoms with van der Waals surface area (Å²) < 4.78 is 0. The third kappa shape index (κ3) is 4.01. The van der Waals surface area contributed by atoms with E-state index in [9.17, 15) is 0 Å².